The van der Waals surface area contributed by atoms with Crippen molar-refractivity contribution in [3.8, 4) is 6.07 Å². The lowest BCUT2D eigenvalue weighted by Crippen LogP contribution is -2.51. The Morgan fingerprint density at radius 1 is 1.16 bits per heavy atom. The highest BCUT2D eigenvalue weighted by molar-refractivity contribution is 5.92. The minimum atomic E-state index is 0.101. The molecule has 1 amide bonds. The molecule has 1 aliphatic heterocycles. The number of anilines is 1. The predicted octanol–water partition coefficient (Wildman–Crippen LogP) is 3.20. The Morgan fingerprint density at radius 3 is 2.56 bits per heavy atom. The Morgan fingerprint density at radius 2 is 1.91 bits per heavy atom. The van der Waals surface area contributed by atoms with Gasteiger partial charge in [0.2, 0.25) is 5.91 Å². The molecule has 0 unspecified atom stereocenters. The third-order valence-corrected chi connectivity index (χ3v) is 7.28. The number of hydrogen-bond acceptors (Lipinski definition) is 5. The lowest BCUT2D eigenvalue weighted by molar-refractivity contribution is -0.137. The van der Waals surface area contributed by atoms with Gasteiger partial charge in [0.25, 0.3) is 0 Å². The second kappa shape index (κ2) is 8.42. The Kier molecular flexibility index (Phi) is 5.46. The van der Waals surface area contributed by atoms with Crippen LogP contribution in [-0.4, -0.2) is 51.8 Å². The molecule has 1 saturated carbocycles. The maximum atomic E-state index is 13.0. The number of rotatable bonds is 3. The van der Waals surface area contributed by atoms with Crippen LogP contribution in [0.5, 0.6) is 0 Å². The van der Waals surface area contributed by atoms with Gasteiger partial charge >= 0.3 is 0 Å². The largest absolute Gasteiger partial charge is 0.367 e. The topological polar surface area (TPSA) is 78.0 Å². The van der Waals surface area contributed by atoms with E-state index in [2.05, 4.69) is 46.3 Å². The van der Waals surface area contributed by atoms with Crippen LogP contribution in [0.15, 0.2) is 18.5 Å². The van der Waals surface area contributed by atoms with Crippen LogP contribution in [-0.2, 0) is 18.3 Å². The molecule has 7 heteroatoms. The Bertz CT molecular complexity index is 1090. The molecule has 3 aliphatic rings. The van der Waals surface area contributed by atoms with Gasteiger partial charge in [0.1, 0.15) is 0 Å². The second-order valence-electron chi connectivity index (χ2n) is 9.33. The minimum absolute atomic E-state index is 0.101. The second-order valence-corrected chi connectivity index (χ2v) is 9.33. The van der Waals surface area contributed by atoms with E-state index in [9.17, 15) is 4.79 Å². The van der Waals surface area contributed by atoms with Gasteiger partial charge in [-0.15, -0.1) is 0 Å². The third-order valence-electron chi connectivity index (χ3n) is 7.28. The van der Waals surface area contributed by atoms with Gasteiger partial charge in [0, 0.05) is 80.7 Å². The first kappa shape index (κ1) is 20.7. The summed E-state index contributed by atoms with van der Waals surface area (Å²) in [6.45, 7) is 5.24. The summed E-state index contributed by atoms with van der Waals surface area (Å²) < 4.78 is 1.87. The fourth-order valence-corrected chi connectivity index (χ4v) is 5.47. The molecule has 166 valence electrons. The van der Waals surface area contributed by atoms with Crippen LogP contribution in [0.2, 0.25) is 0 Å². The number of pyridine rings is 1. The molecular formula is C25H30N6O. The van der Waals surface area contributed by atoms with Crippen LogP contribution in [0.3, 0.4) is 0 Å². The van der Waals surface area contributed by atoms with Gasteiger partial charge in [0.15, 0.2) is 0 Å². The number of aryl methyl sites for hydroxylation is 2. The number of fused-ring (bicyclic) bond motifs is 1. The SMILES string of the molecule is Cc1nn(C)cc1C1=Cc2c(N3CCN(C(=O)C4CCC(C#N)CC4)CC3)ccnc2C1. The van der Waals surface area contributed by atoms with Crippen molar-refractivity contribution in [3.63, 3.8) is 0 Å². The molecular weight excluding hydrogens is 400 g/mol. The zero-order chi connectivity index (χ0) is 22.2. The van der Waals surface area contributed by atoms with Crippen molar-refractivity contribution in [3.05, 3.63) is 41.0 Å². The summed E-state index contributed by atoms with van der Waals surface area (Å²) in [4.78, 5) is 22.1. The fraction of sp³-hybridized carbons (Fsp3) is 0.520. The highest BCUT2D eigenvalue weighted by atomic mass is 16.2. The maximum absolute atomic E-state index is 13.0. The third kappa shape index (κ3) is 3.79. The summed E-state index contributed by atoms with van der Waals surface area (Å²) in [7, 11) is 1.96. The van der Waals surface area contributed by atoms with E-state index < -0.39 is 0 Å². The lowest BCUT2D eigenvalue weighted by Gasteiger charge is -2.39. The minimum Gasteiger partial charge on any atom is -0.367 e. The normalized spacial score (nSPS) is 23.0. The average Bonchev–Trinajstić information content (AvgIpc) is 3.40. The molecule has 32 heavy (non-hydrogen) atoms. The van der Waals surface area contributed by atoms with Crippen molar-refractivity contribution in [1.29, 1.82) is 5.26 Å². The molecule has 1 saturated heterocycles. The van der Waals surface area contributed by atoms with Gasteiger partial charge < -0.3 is 9.80 Å². The van der Waals surface area contributed by atoms with Crippen LogP contribution in [0, 0.1) is 30.1 Å². The molecule has 0 spiro atoms. The van der Waals surface area contributed by atoms with E-state index in [0.717, 1.165) is 69.7 Å². The van der Waals surface area contributed by atoms with Crippen molar-refractivity contribution in [1.82, 2.24) is 19.7 Å². The van der Waals surface area contributed by atoms with Gasteiger partial charge in [-0.1, -0.05) is 0 Å². The molecule has 2 fully saturated rings. The quantitative estimate of drug-likeness (QED) is 0.747. The zero-order valence-electron chi connectivity index (χ0n) is 18.9. The van der Waals surface area contributed by atoms with Crippen molar-refractivity contribution in [2.75, 3.05) is 31.1 Å². The Labute approximate surface area is 189 Å². The molecule has 0 aromatic carbocycles. The first-order chi connectivity index (χ1) is 15.5. The van der Waals surface area contributed by atoms with E-state index in [0.29, 0.717) is 0 Å². The van der Waals surface area contributed by atoms with E-state index in [4.69, 9.17) is 5.26 Å². The van der Waals surface area contributed by atoms with E-state index in [1.165, 1.54) is 22.4 Å². The number of carbonyl (C=O) groups excluding carboxylic acids is 1. The molecule has 0 N–H and O–H groups in total. The van der Waals surface area contributed by atoms with Crippen molar-refractivity contribution >= 4 is 23.2 Å². The molecule has 2 aliphatic carbocycles. The molecule has 5 rings (SSSR count). The van der Waals surface area contributed by atoms with Crippen LogP contribution in [0.1, 0.15) is 48.2 Å². The summed E-state index contributed by atoms with van der Waals surface area (Å²) in [5, 5.41) is 13.6. The van der Waals surface area contributed by atoms with Gasteiger partial charge in [-0.05, 0) is 50.3 Å². The first-order valence-electron chi connectivity index (χ1n) is 11.7. The van der Waals surface area contributed by atoms with Crippen molar-refractivity contribution in [2.45, 2.75) is 39.0 Å². The number of nitrogens with zero attached hydrogens (tertiary/aromatic N) is 6. The number of piperazine rings is 1. The van der Waals surface area contributed by atoms with Crippen LogP contribution in [0.4, 0.5) is 5.69 Å². The molecule has 2 aromatic rings. The summed E-state index contributed by atoms with van der Waals surface area (Å²) in [6, 6.07) is 4.47. The van der Waals surface area contributed by atoms with Gasteiger partial charge in [-0.25, -0.2) is 0 Å². The number of nitriles is 1. The first-order valence-corrected chi connectivity index (χ1v) is 11.7. The highest BCUT2D eigenvalue weighted by Crippen LogP contribution is 2.37. The summed E-state index contributed by atoms with van der Waals surface area (Å²) in [5.41, 5.74) is 7.05. The summed E-state index contributed by atoms with van der Waals surface area (Å²) in [5.74, 6) is 0.526. The zero-order valence-corrected chi connectivity index (χ0v) is 18.9. The fourth-order valence-electron chi connectivity index (χ4n) is 5.47. The molecule has 0 bridgehead atoms. The standard InChI is InChI=1S/C25H30N6O/c1-17-22(16-29(2)28-17)20-13-21-23(14-20)27-8-7-24(21)30-9-11-31(12-10-30)25(32)19-5-3-18(15-26)4-6-19/h7-8,13,16,18-19H,3-6,9-12,14H2,1-2H3. The Hall–Kier alpha value is -3.14. The van der Waals surface area contributed by atoms with Gasteiger partial charge in [-0.2, -0.15) is 10.4 Å². The number of carbonyl (C=O) groups is 1. The molecule has 0 atom stereocenters. The molecule has 0 radical (unpaired) electrons. The van der Waals surface area contributed by atoms with Crippen LogP contribution < -0.4 is 4.90 Å². The molecule has 7 nitrogen and oxygen atoms in total. The van der Waals surface area contributed by atoms with Crippen molar-refractivity contribution < 1.29 is 4.79 Å². The van der Waals surface area contributed by atoms with Crippen molar-refractivity contribution in [2.24, 2.45) is 18.9 Å². The highest BCUT2D eigenvalue weighted by Gasteiger charge is 2.32. The van der Waals surface area contributed by atoms with E-state index in [1.54, 1.807) is 0 Å². The summed E-state index contributed by atoms with van der Waals surface area (Å²) >= 11 is 0. The van der Waals surface area contributed by atoms with E-state index >= 15 is 0 Å². The number of aromatic nitrogens is 3. The number of amides is 1. The smallest absolute Gasteiger partial charge is 0.225 e. The van der Waals surface area contributed by atoms with Gasteiger partial charge in [0.05, 0.1) is 17.5 Å². The van der Waals surface area contributed by atoms with Gasteiger partial charge in [-0.3, -0.25) is 14.5 Å². The summed E-state index contributed by atoms with van der Waals surface area (Å²) in [6.07, 6.45) is 10.5. The Balaban J connectivity index is 1.27. The molecule has 3 heterocycles. The van der Waals surface area contributed by atoms with E-state index in [-0.39, 0.29) is 17.7 Å². The lowest BCUT2D eigenvalue weighted by atomic mass is 9.82. The number of hydrogen-bond donors (Lipinski definition) is 0. The monoisotopic (exact) mass is 430 g/mol. The predicted molar refractivity (Wildman–Crippen MR) is 124 cm³/mol. The molecule has 2 aromatic heterocycles. The van der Waals surface area contributed by atoms with E-state index in [1.807, 2.05) is 22.8 Å². The van der Waals surface area contributed by atoms with Crippen LogP contribution >= 0.6 is 0 Å². The number of allylic oxidation sites excluding steroid dienone is 1. The maximum Gasteiger partial charge on any atom is 0.225 e. The average molecular weight is 431 g/mol. The van der Waals surface area contributed by atoms with Crippen LogP contribution in [0.25, 0.3) is 11.6 Å².